The number of rotatable bonds is 3. The number of aliphatic hydroxyl groups excluding tert-OH is 1. The van der Waals surface area contributed by atoms with Gasteiger partial charge in [0, 0.05) is 0 Å². The van der Waals surface area contributed by atoms with Crippen molar-refractivity contribution >= 4 is 11.5 Å². The van der Waals surface area contributed by atoms with Crippen molar-refractivity contribution in [3.63, 3.8) is 0 Å². The lowest BCUT2D eigenvalue weighted by Crippen LogP contribution is -2.48. The smallest absolute Gasteiger partial charge is 0.364 e. The molecule has 0 amide bonds. The van der Waals surface area contributed by atoms with E-state index in [1.165, 1.54) is 4.52 Å². The SMILES string of the molecule is O=c1[nH]nc2ccc(NC3(CO)CCC3)nn12. The zero-order chi connectivity index (χ0) is 11.9. The number of aromatic nitrogens is 4. The number of anilines is 1. The van der Waals surface area contributed by atoms with E-state index in [9.17, 15) is 9.90 Å². The minimum absolute atomic E-state index is 0.0764. The molecule has 1 saturated carbocycles. The molecule has 2 heterocycles. The van der Waals surface area contributed by atoms with E-state index in [1.54, 1.807) is 12.1 Å². The maximum Gasteiger partial charge on any atom is 0.364 e. The summed E-state index contributed by atoms with van der Waals surface area (Å²) in [4.78, 5) is 11.4. The number of H-pyrrole nitrogens is 1. The van der Waals surface area contributed by atoms with E-state index in [0.717, 1.165) is 19.3 Å². The van der Waals surface area contributed by atoms with Crippen molar-refractivity contribution in [1.82, 2.24) is 19.8 Å². The van der Waals surface area contributed by atoms with Gasteiger partial charge < -0.3 is 10.4 Å². The number of aliphatic hydroxyl groups is 1. The molecule has 0 saturated heterocycles. The average Bonchev–Trinajstić information content (AvgIpc) is 2.66. The van der Waals surface area contributed by atoms with Gasteiger partial charge in [0.25, 0.3) is 0 Å². The van der Waals surface area contributed by atoms with Crippen LogP contribution in [0.2, 0.25) is 0 Å². The Hall–Kier alpha value is -1.89. The molecule has 0 bridgehead atoms. The standard InChI is InChI=1S/C10H13N5O2/c16-6-10(4-1-5-10)11-7-2-3-8-12-13-9(17)15(8)14-7/h2-3,16H,1,4-6H2,(H,11,14)(H,13,17). The first-order chi connectivity index (χ1) is 8.22. The first kappa shape index (κ1) is 10.3. The predicted molar refractivity (Wildman–Crippen MR) is 60.9 cm³/mol. The van der Waals surface area contributed by atoms with Crippen LogP contribution in [0.15, 0.2) is 16.9 Å². The second kappa shape index (κ2) is 3.56. The summed E-state index contributed by atoms with van der Waals surface area (Å²) in [5.74, 6) is 0.578. The van der Waals surface area contributed by atoms with Crippen LogP contribution in [0.3, 0.4) is 0 Å². The van der Waals surface area contributed by atoms with Crippen LogP contribution >= 0.6 is 0 Å². The molecule has 0 atom stereocenters. The van der Waals surface area contributed by atoms with Gasteiger partial charge in [-0.1, -0.05) is 0 Å². The summed E-state index contributed by atoms with van der Waals surface area (Å²) in [7, 11) is 0. The quantitative estimate of drug-likeness (QED) is 0.681. The number of hydrogen-bond donors (Lipinski definition) is 3. The number of nitrogens with zero attached hydrogens (tertiary/aromatic N) is 3. The molecule has 0 unspecified atom stereocenters. The van der Waals surface area contributed by atoms with E-state index >= 15 is 0 Å². The molecule has 3 rings (SSSR count). The van der Waals surface area contributed by atoms with E-state index in [2.05, 4.69) is 20.6 Å². The number of aromatic amines is 1. The Morgan fingerprint density at radius 3 is 3.00 bits per heavy atom. The van der Waals surface area contributed by atoms with Gasteiger partial charge in [-0.2, -0.15) is 9.61 Å². The van der Waals surface area contributed by atoms with Crippen molar-refractivity contribution in [2.45, 2.75) is 24.8 Å². The normalized spacial score (nSPS) is 17.9. The van der Waals surface area contributed by atoms with Gasteiger partial charge in [-0.25, -0.2) is 9.89 Å². The topological polar surface area (TPSA) is 95.3 Å². The summed E-state index contributed by atoms with van der Waals surface area (Å²) < 4.78 is 1.20. The Morgan fingerprint density at radius 2 is 2.35 bits per heavy atom. The summed E-state index contributed by atoms with van der Waals surface area (Å²) >= 11 is 0. The van der Waals surface area contributed by atoms with Gasteiger partial charge >= 0.3 is 5.69 Å². The molecule has 7 nitrogen and oxygen atoms in total. The minimum Gasteiger partial charge on any atom is -0.394 e. The van der Waals surface area contributed by atoms with Crippen LogP contribution in [0.25, 0.3) is 5.65 Å². The first-order valence-corrected chi connectivity index (χ1v) is 5.56. The van der Waals surface area contributed by atoms with Crippen LogP contribution in [0.5, 0.6) is 0 Å². The highest BCUT2D eigenvalue weighted by Gasteiger charge is 2.36. The molecule has 0 aromatic carbocycles. The molecule has 2 aromatic heterocycles. The molecule has 0 aliphatic heterocycles. The third kappa shape index (κ3) is 1.59. The molecule has 1 fully saturated rings. The van der Waals surface area contributed by atoms with Crippen molar-refractivity contribution in [1.29, 1.82) is 0 Å². The van der Waals surface area contributed by atoms with Crippen molar-refractivity contribution in [2.24, 2.45) is 0 Å². The molecule has 1 aliphatic carbocycles. The van der Waals surface area contributed by atoms with Gasteiger partial charge in [0.05, 0.1) is 12.1 Å². The molecule has 90 valence electrons. The van der Waals surface area contributed by atoms with Crippen molar-refractivity contribution in [3.8, 4) is 0 Å². The second-order valence-corrected chi connectivity index (χ2v) is 4.43. The van der Waals surface area contributed by atoms with E-state index in [-0.39, 0.29) is 17.8 Å². The van der Waals surface area contributed by atoms with Gasteiger partial charge in [-0.3, -0.25) is 0 Å². The van der Waals surface area contributed by atoms with Gasteiger partial charge in [0.15, 0.2) is 5.65 Å². The van der Waals surface area contributed by atoms with E-state index in [4.69, 9.17) is 0 Å². The maximum atomic E-state index is 11.4. The van der Waals surface area contributed by atoms with E-state index in [1.807, 2.05) is 0 Å². The molecule has 7 heteroatoms. The molecule has 3 N–H and O–H groups in total. The first-order valence-electron chi connectivity index (χ1n) is 5.56. The van der Waals surface area contributed by atoms with Crippen LogP contribution in [-0.2, 0) is 0 Å². The Bertz CT molecular complexity index is 592. The third-order valence-electron chi connectivity index (χ3n) is 3.28. The highest BCUT2D eigenvalue weighted by Crippen LogP contribution is 2.34. The fraction of sp³-hybridized carbons (Fsp3) is 0.500. The molecule has 0 radical (unpaired) electrons. The lowest BCUT2D eigenvalue weighted by atomic mass is 9.77. The Balaban J connectivity index is 1.95. The largest absolute Gasteiger partial charge is 0.394 e. The maximum absolute atomic E-state index is 11.4. The van der Waals surface area contributed by atoms with Crippen LogP contribution in [-0.4, -0.2) is 37.1 Å². The molecule has 0 spiro atoms. The van der Waals surface area contributed by atoms with Gasteiger partial charge in [-0.15, -0.1) is 5.10 Å². The number of fused-ring (bicyclic) bond motifs is 1. The molecular formula is C10H13N5O2. The van der Waals surface area contributed by atoms with E-state index < -0.39 is 0 Å². The number of nitrogens with one attached hydrogen (secondary N) is 2. The summed E-state index contributed by atoms with van der Waals surface area (Å²) in [6, 6.07) is 3.46. The van der Waals surface area contributed by atoms with Crippen LogP contribution in [0.4, 0.5) is 5.82 Å². The van der Waals surface area contributed by atoms with Crippen molar-refractivity contribution in [3.05, 3.63) is 22.6 Å². The van der Waals surface area contributed by atoms with Gasteiger partial charge in [0.2, 0.25) is 0 Å². The minimum atomic E-state index is -0.365. The monoisotopic (exact) mass is 235 g/mol. The Kier molecular flexibility index (Phi) is 2.15. The summed E-state index contributed by atoms with van der Waals surface area (Å²) in [6.07, 6.45) is 2.94. The highest BCUT2D eigenvalue weighted by molar-refractivity contribution is 5.45. The van der Waals surface area contributed by atoms with Gasteiger partial charge in [0.1, 0.15) is 5.82 Å². The zero-order valence-electron chi connectivity index (χ0n) is 9.18. The summed E-state index contributed by atoms with van der Waals surface area (Å²) in [6.45, 7) is 0.0764. The molecule has 2 aromatic rings. The summed E-state index contributed by atoms with van der Waals surface area (Å²) in [5.41, 5.74) is -0.156. The third-order valence-corrected chi connectivity index (χ3v) is 3.28. The fourth-order valence-corrected chi connectivity index (χ4v) is 2.07. The van der Waals surface area contributed by atoms with Crippen molar-refractivity contribution < 1.29 is 5.11 Å². The molecular weight excluding hydrogens is 222 g/mol. The Labute approximate surface area is 96.5 Å². The second-order valence-electron chi connectivity index (χ2n) is 4.43. The fourth-order valence-electron chi connectivity index (χ4n) is 2.07. The molecule has 17 heavy (non-hydrogen) atoms. The number of hydrogen-bond acceptors (Lipinski definition) is 5. The van der Waals surface area contributed by atoms with Gasteiger partial charge in [-0.05, 0) is 31.4 Å². The van der Waals surface area contributed by atoms with Crippen LogP contribution in [0.1, 0.15) is 19.3 Å². The summed E-state index contributed by atoms with van der Waals surface area (Å²) in [5, 5.41) is 22.8. The highest BCUT2D eigenvalue weighted by atomic mass is 16.3. The van der Waals surface area contributed by atoms with E-state index in [0.29, 0.717) is 11.5 Å². The van der Waals surface area contributed by atoms with Crippen LogP contribution in [0, 0.1) is 0 Å². The van der Waals surface area contributed by atoms with Crippen LogP contribution < -0.4 is 11.0 Å². The lowest BCUT2D eigenvalue weighted by Gasteiger charge is -2.41. The Morgan fingerprint density at radius 1 is 1.53 bits per heavy atom. The average molecular weight is 235 g/mol. The molecule has 1 aliphatic rings. The lowest BCUT2D eigenvalue weighted by molar-refractivity contribution is 0.143. The van der Waals surface area contributed by atoms with Crippen molar-refractivity contribution in [2.75, 3.05) is 11.9 Å². The predicted octanol–water partition coefficient (Wildman–Crippen LogP) is -0.256. The zero-order valence-corrected chi connectivity index (χ0v) is 9.18.